The van der Waals surface area contributed by atoms with Gasteiger partial charge in [-0.2, -0.15) is 0 Å². The summed E-state index contributed by atoms with van der Waals surface area (Å²) in [4.78, 5) is 21.7. The van der Waals surface area contributed by atoms with E-state index in [0.29, 0.717) is 27.8 Å². The minimum absolute atomic E-state index is 0.313. The zero-order valence-corrected chi connectivity index (χ0v) is 14.2. The Morgan fingerprint density at radius 3 is 2.72 bits per heavy atom. The molecule has 3 heterocycles. The smallest absolute Gasteiger partial charge is 0.258 e. The van der Waals surface area contributed by atoms with Crippen LogP contribution in [0.15, 0.2) is 54.2 Å². The third-order valence-corrected chi connectivity index (χ3v) is 4.58. The van der Waals surface area contributed by atoms with E-state index >= 15 is 0 Å². The van der Waals surface area contributed by atoms with Crippen LogP contribution in [0.4, 0.5) is 10.2 Å². The Bertz CT molecular complexity index is 1060. The van der Waals surface area contributed by atoms with Gasteiger partial charge in [-0.3, -0.25) is 9.20 Å². The van der Waals surface area contributed by atoms with Gasteiger partial charge >= 0.3 is 0 Å². The molecule has 0 bridgehead atoms. The molecule has 0 atom stereocenters. The third kappa shape index (κ3) is 2.99. The van der Waals surface area contributed by atoms with Crippen molar-refractivity contribution in [2.24, 2.45) is 0 Å². The van der Waals surface area contributed by atoms with E-state index in [-0.39, 0.29) is 11.7 Å². The molecule has 0 fully saturated rings. The average molecular weight is 373 g/mol. The van der Waals surface area contributed by atoms with E-state index in [1.807, 2.05) is 11.6 Å². The molecule has 4 aromatic rings. The van der Waals surface area contributed by atoms with Crippen LogP contribution in [0.25, 0.3) is 16.2 Å². The largest absolute Gasteiger partial charge is 0.306 e. The number of hydrogen-bond donors (Lipinski definition) is 1. The summed E-state index contributed by atoms with van der Waals surface area (Å²) in [6, 6.07) is 9.11. The maximum absolute atomic E-state index is 13.2. The highest BCUT2D eigenvalue weighted by atomic mass is 35.5. The predicted octanol–water partition coefficient (Wildman–Crippen LogP) is 4.50. The Kier molecular flexibility index (Phi) is 3.95. The lowest BCUT2D eigenvalue weighted by molar-refractivity contribution is 0.102. The number of aromatic nitrogens is 3. The van der Waals surface area contributed by atoms with Crippen LogP contribution in [0.3, 0.4) is 0 Å². The van der Waals surface area contributed by atoms with Gasteiger partial charge < -0.3 is 5.32 Å². The van der Waals surface area contributed by atoms with Gasteiger partial charge in [0, 0.05) is 23.3 Å². The van der Waals surface area contributed by atoms with Gasteiger partial charge in [-0.05, 0) is 36.4 Å². The molecule has 0 saturated carbocycles. The first-order valence-corrected chi connectivity index (χ1v) is 8.52. The second-order valence-electron chi connectivity index (χ2n) is 5.20. The fraction of sp³-hybridized carbons (Fsp3) is 0. The molecule has 25 heavy (non-hydrogen) atoms. The van der Waals surface area contributed by atoms with Crippen LogP contribution in [-0.4, -0.2) is 20.3 Å². The van der Waals surface area contributed by atoms with Crippen molar-refractivity contribution in [3.8, 4) is 11.3 Å². The number of nitrogens with one attached hydrogen (secondary N) is 1. The molecular weight excluding hydrogens is 363 g/mol. The van der Waals surface area contributed by atoms with Gasteiger partial charge in [-0.15, -0.1) is 11.3 Å². The van der Waals surface area contributed by atoms with E-state index in [1.54, 1.807) is 28.7 Å². The highest BCUT2D eigenvalue weighted by molar-refractivity contribution is 7.15. The molecule has 0 aliphatic heterocycles. The van der Waals surface area contributed by atoms with Crippen molar-refractivity contribution in [2.45, 2.75) is 0 Å². The molecule has 0 radical (unpaired) electrons. The monoisotopic (exact) mass is 372 g/mol. The summed E-state index contributed by atoms with van der Waals surface area (Å²) in [5.74, 6) is -0.147. The number of carbonyl (C=O) groups is 1. The number of pyridine rings is 1. The summed E-state index contributed by atoms with van der Waals surface area (Å²) in [6.07, 6.45) is 3.22. The van der Waals surface area contributed by atoms with Crippen molar-refractivity contribution < 1.29 is 9.18 Å². The van der Waals surface area contributed by atoms with E-state index < -0.39 is 0 Å². The van der Waals surface area contributed by atoms with Gasteiger partial charge in [0.15, 0.2) is 4.96 Å². The number of fused-ring (bicyclic) bond motifs is 1. The zero-order valence-electron chi connectivity index (χ0n) is 12.6. The number of anilines is 1. The standard InChI is InChI=1S/C17H10ClFN4OS/c18-13-6-3-11(9-20-13)16(24)22-15-14(10-1-4-12(19)5-2-10)21-17-23(15)7-8-25-17/h1-9H,(H,22,24). The number of thiazole rings is 1. The Balaban J connectivity index is 1.76. The summed E-state index contributed by atoms with van der Waals surface area (Å²) in [5, 5.41) is 5.04. The summed E-state index contributed by atoms with van der Waals surface area (Å²) in [5.41, 5.74) is 1.66. The molecule has 5 nitrogen and oxygen atoms in total. The number of imidazole rings is 1. The summed E-state index contributed by atoms with van der Waals surface area (Å²) < 4.78 is 15.0. The van der Waals surface area contributed by atoms with Gasteiger partial charge in [-0.25, -0.2) is 14.4 Å². The van der Waals surface area contributed by atoms with Crippen molar-refractivity contribution in [1.29, 1.82) is 0 Å². The van der Waals surface area contributed by atoms with Crippen LogP contribution >= 0.6 is 22.9 Å². The molecule has 3 aromatic heterocycles. The van der Waals surface area contributed by atoms with Crippen molar-refractivity contribution in [1.82, 2.24) is 14.4 Å². The third-order valence-electron chi connectivity index (χ3n) is 3.60. The number of carbonyl (C=O) groups excluding carboxylic acids is 1. The molecule has 124 valence electrons. The number of benzene rings is 1. The van der Waals surface area contributed by atoms with E-state index in [0.717, 1.165) is 4.96 Å². The molecule has 1 amide bonds. The molecule has 1 N–H and O–H groups in total. The van der Waals surface area contributed by atoms with E-state index in [4.69, 9.17) is 11.6 Å². The Hall–Kier alpha value is -2.77. The first-order valence-electron chi connectivity index (χ1n) is 7.26. The highest BCUT2D eigenvalue weighted by Gasteiger charge is 2.18. The van der Waals surface area contributed by atoms with Crippen LogP contribution in [-0.2, 0) is 0 Å². The van der Waals surface area contributed by atoms with Crippen LogP contribution in [0.1, 0.15) is 10.4 Å². The Morgan fingerprint density at radius 2 is 2.00 bits per heavy atom. The fourth-order valence-corrected chi connectivity index (χ4v) is 3.23. The van der Waals surface area contributed by atoms with Gasteiger partial charge in [-0.1, -0.05) is 11.6 Å². The molecule has 8 heteroatoms. The second kappa shape index (κ2) is 6.27. The summed E-state index contributed by atoms with van der Waals surface area (Å²) >= 11 is 7.20. The number of hydrogen-bond acceptors (Lipinski definition) is 4. The summed E-state index contributed by atoms with van der Waals surface area (Å²) in [7, 11) is 0. The van der Waals surface area contributed by atoms with Crippen LogP contribution in [0.2, 0.25) is 5.15 Å². The minimum Gasteiger partial charge on any atom is -0.306 e. The molecule has 0 aliphatic carbocycles. The topological polar surface area (TPSA) is 59.3 Å². The number of halogens is 2. The van der Waals surface area contributed by atoms with Crippen molar-refractivity contribution >= 4 is 39.6 Å². The lowest BCUT2D eigenvalue weighted by atomic mass is 10.1. The van der Waals surface area contributed by atoms with Crippen molar-refractivity contribution in [3.05, 3.63) is 70.7 Å². The molecule has 4 rings (SSSR count). The van der Waals surface area contributed by atoms with Crippen molar-refractivity contribution in [3.63, 3.8) is 0 Å². The SMILES string of the molecule is O=C(Nc1c(-c2ccc(F)cc2)nc2sccn12)c1ccc(Cl)nc1. The van der Waals surface area contributed by atoms with Crippen molar-refractivity contribution in [2.75, 3.05) is 5.32 Å². The van der Waals surface area contributed by atoms with E-state index in [9.17, 15) is 9.18 Å². The second-order valence-corrected chi connectivity index (χ2v) is 6.46. The molecule has 1 aromatic carbocycles. The maximum atomic E-state index is 13.2. The highest BCUT2D eigenvalue weighted by Crippen LogP contribution is 2.31. The van der Waals surface area contributed by atoms with Gasteiger partial charge in [0.25, 0.3) is 5.91 Å². The lowest BCUT2D eigenvalue weighted by Gasteiger charge is -2.07. The number of rotatable bonds is 3. The summed E-state index contributed by atoms with van der Waals surface area (Å²) in [6.45, 7) is 0. The van der Waals surface area contributed by atoms with Crippen LogP contribution in [0, 0.1) is 5.82 Å². The average Bonchev–Trinajstić information content (AvgIpc) is 3.19. The fourth-order valence-electron chi connectivity index (χ4n) is 2.40. The minimum atomic E-state index is -0.333. The predicted molar refractivity (Wildman–Crippen MR) is 95.7 cm³/mol. The molecule has 0 saturated heterocycles. The lowest BCUT2D eigenvalue weighted by Crippen LogP contribution is -2.14. The maximum Gasteiger partial charge on any atom is 0.258 e. The van der Waals surface area contributed by atoms with Gasteiger partial charge in [0.2, 0.25) is 0 Å². The number of amides is 1. The zero-order chi connectivity index (χ0) is 17.4. The van der Waals surface area contributed by atoms with E-state index in [1.165, 1.54) is 29.7 Å². The quantitative estimate of drug-likeness (QED) is 0.538. The van der Waals surface area contributed by atoms with Gasteiger partial charge in [0.1, 0.15) is 22.5 Å². The number of nitrogens with zero attached hydrogens (tertiary/aromatic N) is 3. The first-order chi connectivity index (χ1) is 12.1. The van der Waals surface area contributed by atoms with Gasteiger partial charge in [0.05, 0.1) is 5.56 Å². The molecule has 0 unspecified atom stereocenters. The first kappa shape index (κ1) is 15.7. The normalized spacial score (nSPS) is 11.0. The molecule has 0 aliphatic rings. The van der Waals surface area contributed by atoms with Crippen LogP contribution in [0.5, 0.6) is 0 Å². The Labute approximate surface area is 150 Å². The Morgan fingerprint density at radius 1 is 1.20 bits per heavy atom. The van der Waals surface area contributed by atoms with Crippen LogP contribution < -0.4 is 5.32 Å². The molecule has 0 spiro atoms. The molecular formula is C17H10ClFN4OS. The van der Waals surface area contributed by atoms with E-state index in [2.05, 4.69) is 15.3 Å².